The van der Waals surface area contributed by atoms with Crippen LogP contribution in [0.4, 0.5) is 10.5 Å². The number of hydrogen-bond acceptors (Lipinski definition) is 4. The molecule has 1 aliphatic rings. The van der Waals surface area contributed by atoms with Gasteiger partial charge in [0.05, 0.1) is 12.2 Å². The minimum absolute atomic E-state index is 0.141. The van der Waals surface area contributed by atoms with Crippen molar-refractivity contribution in [3.63, 3.8) is 0 Å². The van der Waals surface area contributed by atoms with Crippen LogP contribution in [-0.4, -0.2) is 24.5 Å². The normalized spacial score (nSPS) is 12.5. The Hall–Kier alpha value is -3.85. The molecule has 1 heterocycles. The van der Waals surface area contributed by atoms with Crippen molar-refractivity contribution >= 4 is 23.6 Å². The summed E-state index contributed by atoms with van der Waals surface area (Å²) in [7, 11) is 0. The van der Waals surface area contributed by atoms with Gasteiger partial charge in [0.25, 0.3) is 11.8 Å². The van der Waals surface area contributed by atoms with Gasteiger partial charge in [0, 0.05) is 17.7 Å². The fraction of sp³-hybridized carbons (Fsp3) is 0.0952. The van der Waals surface area contributed by atoms with Gasteiger partial charge in [-0.3, -0.25) is 9.59 Å². The van der Waals surface area contributed by atoms with Gasteiger partial charge in [0.1, 0.15) is 6.61 Å². The summed E-state index contributed by atoms with van der Waals surface area (Å²) in [6, 6.07) is 16.1. The largest absolute Gasteiger partial charge is 0.445 e. The molecule has 3 rings (SSSR count). The van der Waals surface area contributed by atoms with Crippen molar-refractivity contribution in [1.82, 2.24) is 5.32 Å². The van der Waals surface area contributed by atoms with Gasteiger partial charge in [-0.25, -0.2) is 9.69 Å². The molecule has 0 aromatic heterocycles. The molecule has 3 amide bonds. The molecule has 6 heteroatoms. The van der Waals surface area contributed by atoms with Crippen molar-refractivity contribution in [1.29, 1.82) is 0 Å². The number of nitrogens with one attached hydrogen (secondary N) is 1. The molecule has 0 saturated heterocycles. The predicted molar refractivity (Wildman–Crippen MR) is 99.6 cm³/mol. The number of amides is 3. The lowest BCUT2D eigenvalue weighted by molar-refractivity contribution is -0.119. The third-order valence-electron chi connectivity index (χ3n) is 3.70. The average molecular weight is 360 g/mol. The molecule has 0 atom stereocenters. The summed E-state index contributed by atoms with van der Waals surface area (Å²) in [6.07, 6.45) is 1.93. The zero-order valence-electron chi connectivity index (χ0n) is 14.3. The van der Waals surface area contributed by atoms with E-state index in [1.807, 2.05) is 30.3 Å². The maximum absolute atomic E-state index is 11.6. The second-order valence-electron chi connectivity index (χ2n) is 5.61. The zero-order chi connectivity index (χ0) is 19.1. The van der Waals surface area contributed by atoms with E-state index in [1.54, 1.807) is 24.3 Å². The molecule has 2 aromatic carbocycles. The van der Waals surface area contributed by atoms with Crippen LogP contribution in [0.2, 0.25) is 0 Å². The molecule has 27 heavy (non-hydrogen) atoms. The van der Waals surface area contributed by atoms with Crippen LogP contribution >= 0.6 is 0 Å². The highest BCUT2D eigenvalue weighted by Crippen LogP contribution is 2.19. The van der Waals surface area contributed by atoms with Crippen LogP contribution in [0.5, 0.6) is 0 Å². The maximum Gasteiger partial charge on any atom is 0.408 e. The van der Waals surface area contributed by atoms with Gasteiger partial charge in [-0.05, 0) is 29.8 Å². The Kier molecular flexibility index (Phi) is 5.65. The first-order valence-corrected chi connectivity index (χ1v) is 8.23. The van der Waals surface area contributed by atoms with E-state index in [2.05, 4.69) is 17.2 Å². The number of imide groups is 1. The highest BCUT2D eigenvalue weighted by molar-refractivity contribution is 6.28. The van der Waals surface area contributed by atoms with E-state index >= 15 is 0 Å². The summed E-state index contributed by atoms with van der Waals surface area (Å²) in [5.41, 5.74) is 2.09. The van der Waals surface area contributed by atoms with Crippen LogP contribution in [-0.2, 0) is 20.9 Å². The molecule has 0 fully saturated rings. The van der Waals surface area contributed by atoms with E-state index in [0.717, 1.165) is 10.5 Å². The van der Waals surface area contributed by atoms with E-state index in [-0.39, 0.29) is 25.0 Å². The van der Waals surface area contributed by atoms with E-state index < -0.39 is 6.09 Å². The Morgan fingerprint density at radius 1 is 0.963 bits per heavy atom. The Bertz CT molecular complexity index is 920. The van der Waals surface area contributed by atoms with E-state index in [0.29, 0.717) is 11.3 Å². The first kappa shape index (κ1) is 18.0. The molecular formula is C21H16N2O4. The molecule has 0 spiro atoms. The highest BCUT2D eigenvalue weighted by atomic mass is 16.5. The van der Waals surface area contributed by atoms with Crippen LogP contribution in [0.25, 0.3) is 0 Å². The van der Waals surface area contributed by atoms with Crippen molar-refractivity contribution in [2.24, 2.45) is 0 Å². The van der Waals surface area contributed by atoms with Crippen molar-refractivity contribution < 1.29 is 19.1 Å². The molecule has 0 saturated carbocycles. The maximum atomic E-state index is 11.6. The number of benzene rings is 2. The fourth-order valence-corrected chi connectivity index (χ4v) is 2.39. The Balaban J connectivity index is 1.46. The monoisotopic (exact) mass is 360 g/mol. The smallest absolute Gasteiger partial charge is 0.408 e. The molecular weight excluding hydrogens is 344 g/mol. The topological polar surface area (TPSA) is 75.7 Å². The molecule has 134 valence electrons. The zero-order valence-corrected chi connectivity index (χ0v) is 14.3. The van der Waals surface area contributed by atoms with Crippen LogP contribution in [0.15, 0.2) is 66.7 Å². The van der Waals surface area contributed by atoms with Gasteiger partial charge in [0.15, 0.2) is 0 Å². The van der Waals surface area contributed by atoms with E-state index in [1.165, 1.54) is 12.2 Å². The predicted octanol–water partition coefficient (Wildman–Crippen LogP) is 2.39. The molecule has 0 aliphatic carbocycles. The van der Waals surface area contributed by atoms with Crippen molar-refractivity contribution in [3.05, 3.63) is 77.9 Å². The van der Waals surface area contributed by atoms with Crippen molar-refractivity contribution in [2.75, 3.05) is 11.4 Å². The van der Waals surface area contributed by atoms with Crippen LogP contribution < -0.4 is 10.2 Å². The SMILES string of the molecule is O=C(NCC#Cc1ccc(N2C(=O)C=CC2=O)cc1)OCc1ccccc1. The van der Waals surface area contributed by atoms with Gasteiger partial charge < -0.3 is 10.1 Å². The number of rotatable bonds is 4. The van der Waals surface area contributed by atoms with Gasteiger partial charge >= 0.3 is 6.09 Å². The molecule has 0 radical (unpaired) electrons. The molecule has 0 bridgehead atoms. The number of ether oxygens (including phenoxy) is 1. The first-order valence-electron chi connectivity index (χ1n) is 8.23. The Labute approximate surface area is 156 Å². The number of carbonyl (C=O) groups excluding carboxylic acids is 3. The summed E-state index contributed by atoms with van der Waals surface area (Å²) in [5, 5.41) is 2.55. The minimum Gasteiger partial charge on any atom is -0.445 e. The van der Waals surface area contributed by atoms with Crippen LogP contribution in [0.3, 0.4) is 0 Å². The Morgan fingerprint density at radius 3 is 2.30 bits per heavy atom. The molecule has 0 unspecified atom stereocenters. The quantitative estimate of drug-likeness (QED) is 0.671. The summed E-state index contributed by atoms with van der Waals surface area (Å²) in [6.45, 7) is 0.340. The van der Waals surface area contributed by atoms with Gasteiger partial charge in [-0.2, -0.15) is 0 Å². The lowest BCUT2D eigenvalue weighted by Crippen LogP contribution is -2.29. The number of hydrogen-bond donors (Lipinski definition) is 1. The minimum atomic E-state index is -0.540. The third-order valence-corrected chi connectivity index (χ3v) is 3.70. The van der Waals surface area contributed by atoms with Gasteiger partial charge in [-0.1, -0.05) is 42.2 Å². The van der Waals surface area contributed by atoms with Gasteiger partial charge in [-0.15, -0.1) is 0 Å². The summed E-state index contributed by atoms with van der Waals surface area (Å²) in [4.78, 5) is 35.9. The highest BCUT2D eigenvalue weighted by Gasteiger charge is 2.24. The van der Waals surface area contributed by atoms with Gasteiger partial charge in [0.2, 0.25) is 0 Å². The second kappa shape index (κ2) is 8.50. The van der Waals surface area contributed by atoms with Crippen LogP contribution in [0, 0.1) is 11.8 Å². The van der Waals surface area contributed by atoms with Crippen LogP contribution in [0.1, 0.15) is 11.1 Å². The molecule has 6 nitrogen and oxygen atoms in total. The number of nitrogens with zero attached hydrogens (tertiary/aromatic N) is 1. The standard InChI is InChI=1S/C21H16N2O4/c24-19-12-13-20(25)23(19)18-10-8-16(9-11-18)7-4-14-22-21(26)27-15-17-5-2-1-3-6-17/h1-3,5-6,8-13H,14-15H2,(H,22,26). The lowest BCUT2D eigenvalue weighted by Gasteiger charge is -2.13. The average Bonchev–Trinajstić information content (AvgIpc) is 3.03. The second-order valence-corrected chi connectivity index (χ2v) is 5.61. The molecule has 2 aromatic rings. The summed E-state index contributed by atoms with van der Waals surface area (Å²) >= 11 is 0. The van der Waals surface area contributed by atoms with Crippen molar-refractivity contribution in [2.45, 2.75) is 6.61 Å². The van der Waals surface area contributed by atoms with E-state index in [4.69, 9.17) is 4.74 Å². The fourth-order valence-electron chi connectivity index (χ4n) is 2.39. The summed E-state index contributed by atoms with van der Waals surface area (Å²) < 4.78 is 5.08. The Morgan fingerprint density at radius 2 is 1.63 bits per heavy atom. The first-order chi connectivity index (χ1) is 13.1. The summed E-state index contributed by atoms with van der Waals surface area (Å²) in [5.74, 6) is 4.98. The third kappa shape index (κ3) is 4.83. The van der Waals surface area contributed by atoms with Crippen molar-refractivity contribution in [3.8, 4) is 11.8 Å². The van der Waals surface area contributed by atoms with E-state index in [9.17, 15) is 14.4 Å². The number of carbonyl (C=O) groups is 3. The molecule has 1 aliphatic heterocycles. The number of alkyl carbamates (subject to hydrolysis) is 1. The number of anilines is 1. The lowest BCUT2D eigenvalue weighted by atomic mass is 10.2. The molecule has 1 N–H and O–H groups in total.